The van der Waals surface area contributed by atoms with Crippen molar-refractivity contribution in [2.75, 3.05) is 14.1 Å². The summed E-state index contributed by atoms with van der Waals surface area (Å²) in [6, 6.07) is 4.72. The van der Waals surface area contributed by atoms with Gasteiger partial charge in [0.15, 0.2) is 5.82 Å². The number of aliphatic imine (C=N–C) groups is 1. The summed E-state index contributed by atoms with van der Waals surface area (Å²) in [5, 5.41) is 0.0911. The third-order valence-corrected chi connectivity index (χ3v) is 1.65. The van der Waals surface area contributed by atoms with Crippen molar-refractivity contribution in [3.05, 3.63) is 29.0 Å². The lowest BCUT2D eigenvalue weighted by atomic mass is 10.3. The van der Waals surface area contributed by atoms with Crippen LogP contribution in [0.1, 0.15) is 0 Å². The van der Waals surface area contributed by atoms with Crippen LogP contribution in [0.5, 0.6) is 0 Å². The number of nitrogens with zero attached hydrogens (tertiary/aromatic N) is 2. The van der Waals surface area contributed by atoms with Crippen molar-refractivity contribution in [2.24, 2.45) is 4.99 Å². The summed E-state index contributed by atoms with van der Waals surface area (Å²) < 4.78 is 13.2. The van der Waals surface area contributed by atoms with Gasteiger partial charge in [-0.25, -0.2) is 9.38 Å². The lowest BCUT2D eigenvalue weighted by Crippen LogP contribution is -2.07. The van der Waals surface area contributed by atoms with Gasteiger partial charge in [-0.2, -0.15) is 0 Å². The number of benzene rings is 1. The van der Waals surface area contributed by atoms with E-state index in [1.807, 2.05) is 14.1 Å². The molecule has 1 aromatic rings. The number of rotatable bonds is 2. The second-order valence-electron chi connectivity index (χ2n) is 2.78. The van der Waals surface area contributed by atoms with Crippen LogP contribution in [0.4, 0.5) is 10.1 Å². The first-order valence-electron chi connectivity index (χ1n) is 3.76. The normalized spacial score (nSPS) is 10.8. The molecule has 0 amide bonds. The molecule has 0 atom stereocenters. The van der Waals surface area contributed by atoms with E-state index in [0.717, 1.165) is 0 Å². The third-order valence-electron chi connectivity index (χ3n) is 1.36. The average molecular weight is 201 g/mol. The van der Waals surface area contributed by atoms with Crippen molar-refractivity contribution < 1.29 is 4.39 Å². The smallest absolute Gasteiger partial charge is 0.167 e. The average Bonchev–Trinajstić information content (AvgIpc) is 2.07. The number of hydrogen-bond donors (Lipinski definition) is 0. The summed E-state index contributed by atoms with van der Waals surface area (Å²) in [6.45, 7) is 0. The minimum absolute atomic E-state index is 0.0911. The van der Waals surface area contributed by atoms with E-state index in [2.05, 4.69) is 4.99 Å². The summed E-state index contributed by atoms with van der Waals surface area (Å²) in [6.07, 6.45) is 1.52. The fourth-order valence-electron chi connectivity index (χ4n) is 0.770. The van der Waals surface area contributed by atoms with E-state index < -0.39 is 5.82 Å². The Kier molecular flexibility index (Phi) is 3.25. The summed E-state index contributed by atoms with van der Waals surface area (Å²) in [7, 11) is 3.62. The van der Waals surface area contributed by atoms with Crippen LogP contribution in [-0.2, 0) is 0 Å². The van der Waals surface area contributed by atoms with Gasteiger partial charge in [0.05, 0.1) is 11.4 Å². The third kappa shape index (κ3) is 2.70. The molecule has 2 nitrogen and oxygen atoms in total. The van der Waals surface area contributed by atoms with Gasteiger partial charge in [-0.15, -0.1) is 0 Å². The SMILES string of the molecule is CN(C)/C=N/c1cccc(Cl)c1F. The molecule has 0 aliphatic heterocycles. The predicted molar refractivity (Wildman–Crippen MR) is 53.2 cm³/mol. The van der Waals surface area contributed by atoms with Crippen molar-refractivity contribution in [3.8, 4) is 0 Å². The number of hydrogen-bond acceptors (Lipinski definition) is 1. The van der Waals surface area contributed by atoms with Crippen molar-refractivity contribution in [1.29, 1.82) is 0 Å². The second kappa shape index (κ2) is 4.23. The molecule has 1 rings (SSSR count). The van der Waals surface area contributed by atoms with E-state index in [1.165, 1.54) is 12.4 Å². The molecule has 0 bridgehead atoms. The highest BCUT2D eigenvalue weighted by Gasteiger charge is 2.03. The minimum Gasteiger partial charge on any atom is -0.369 e. The summed E-state index contributed by atoms with van der Waals surface area (Å²) in [5.74, 6) is -0.484. The van der Waals surface area contributed by atoms with Gasteiger partial charge in [-0.3, -0.25) is 0 Å². The Labute approximate surface area is 81.7 Å². The largest absolute Gasteiger partial charge is 0.369 e. The zero-order valence-corrected chi connectivity index (χ0v) is 8.22. The quantitative estimate of drug-likeness (QED) is 0.530. The lowest BCUT2D eigenvalue weighted by Gasteiger charge is -2.03. The molecule has 1 aromatic carbocycles. The van der Waals surface area contributed by atoms with Gasteiger partial charge in [0.1, 0.15) is 5.69 Å². The van der Waals surface area contributed by atoms with E-state index in [4.69, 9.17) is 11.6 Å². The zero-order valence-electron chi connectivity index (χ0n) is 7.46. The van der Waals surface area contributed by atoms with E-state index in [9.17, 15) is 4.39 Å². The maximum absolute atomic E-state index is 13.2. The Morgan fingerprint density at radius 1 is 1.46 bits per heavy atom. The second-order valence-corrected chi connectivity index (χ2v) is 3.19. The van der Waals surface area contributed by atoms with Gasteiger partial charge in [0.2, 0.25) is 0 Å². The summed E-state index contributed by atoms with van der Waals surface area (Å²) in [4.78, 5) is 5.63. The zero-order chi connectivity index (χ0) is 9.84. The highest BCUT2D eigenvalue weighted by Crippen LogP contribution is 2.23. The molecule has 70 valence electrons. The van der Waals surface area contributed by atoms with Gasteiger partial charge in [-0.1, -0.05) is 17.7 Å². The molecule has 0 aliphatic carbocycles. The van der Waals surface area contributed by atoms with Crippen molar-refractivity contribution >= 4 is 23.6 Å². The fraction of sp³-hybridized carbons (Fsp3) is 0.222. The maximum Gasteiger partial charge on any atom is 0.167 e. The Bertz CT molecular complexity index is 323. The Hall–Kier alpha value is -1.09. The van der Waals surface area contributed by atoms with Crippen LogP contribution >= 0.6 is 11.6 Å². The monoisotopic (exact) mass is 200 g/mol. The molecule has 0 radical (unpaired) electrons. The topological polar surface area (TPSA) is 15.6 Å². The molecule has 0 unspecified atom stereocenters. The van der Waals surface area contributed by atoms with Gasteiger partial charge in [0.25, 0.3) is 0 Å². The fourth-order valence-corrected chi connectivity index (χ4v) is 0.939. The van der Waals surface area contributed by atoms with Crippen LogP contribution in [0.2, 0.25) is 5.02 Å². The molecule has 0 heterocycles. The molecule has 13 heavy (non-hydrogen) atoms. The van der Waals surface area contributed by atoms with Gasteiger partial charge in [-0.05, 0) is 12.1 Å². The molecule has 0 fully saturated rings. The molecule has 0 aromatic heterocycles. The molecule has 0 saturated carbocycles. The van der Waals surface area contributed by atoms with E-state index in [1.54, 1.807) is 17.0 Å². The lowest BCUT2D eigenvalue weighted by molar-refractivity contribution is 0.625. The Morgan fingerprint density at radius 3 is 2.77 bits per heavy atom. The van der Waals surface area contributed by atoms with Crippen molar-refractivity contribution in [2.45, 2.75) is 0 Å². The molecule has 0 spiro atoms. The molecule has 4 heteroatoms. The first-order valence-corrected chi connectivity index (χ1v) is 4.13. The summed E-state index contributed by atoms with van der Waals surface area (Å²) in [5.41, 5.74) is 0.251. The van der Waals surface area contributed by atoms with Crippen molar-refractivity contribution in [1.82, 2.24) is 4.90 Å². The first-order chi connectivity index (χ1) is 6.11. The summed E-state index contributed by atoms with van der Waals surface area (Å²) >= 11 is 5.57. The minimum atomic E-state index is -0.484. The Morgan fingerprint density at radius 2 is 2.15 bits per heavy atom. The molecule has 0 saturated heterocycles. The predicted octanol–water partition coefficient (Wildman–Crippen LogP) is 2.70. The van der Waals surface area contributed by atoms with Crippen LogP contribution in [0.15, 0.2) is 23.2 Å². The van der Waals surface area contributed by atoms with E-state index in [-0.39, 0.29) is 10.7 Å². The highest BCUT2D eigenvalue weighted by atomic mass is 35.5. The van der Waals surface area contributed by atoms with Crippen LogP contribution < -0.4 is 0 Å². The number of halogens is 2. The van der Waals surface area contributed by atoms with Gasteiger partial charge >= 0.3 is 0 Å². The van der Waals surface area contributed by atoms with Crippen molar-refractivity contribution in [3.63, 3.8) is 0 Å². The highest BCUT2D eigenvalue weighted by molar-refractivity contribution is 6.31. The molecule has 0 aliphatic rings. The molecule has 0 N–H and O–H groups in total. The van der Waals surface area contributed by atoms with E-state index in [0.29, 0.717) is 0 Å². The maximum atomic E-state index is 13.2. The molecular formula is C9H10ClFN2. The van der Waals surface area contributed by atoms with E-state index >= 15 is 0 Å². The van der Waals surface area contributed by atoms with Gasteiger partial charge < -0.3 is 4.90 Å². The van der Waals surface area contributed by atoms with Crippen LogP contribution in [0.3, 0.4) is 0 Å². The Balaban J connectivity index is 2.95. The van der Waals surface area contributed by atoms with Crippen LogP contribution in [-0.4, -0.2) is 25.3 Å². The molecular weight excluding hydrogens is 191 g/mol. The van der Waals surface area contributed by atoms with Gasteiger partial charge in [0, 0.05) is 14.1 Å². The first kappa shape index (κ1) is 9.99. The van der Waals surface area contributed by atoms with Crippen LogP contribution in [0.25, 0.3) is 0 Å². The van der Waals surface area contributed by atoms with Crippen LogP contribution in [0, 0.1) is 5.82 Å². The standard InChI is InChI=1S/C9H10ClFN2/c1-13(2)6-12-8-5-3-4-7(10)9(8)11/h3-6H,1-2H3/b12-6+.